The van der Waals surface area contributed by atoms with Gasteiger partial charge < -0.3 is 0 Å². The van der Waals surface area contributed by atoms with Crippen molar-refractivity contribution < 1.29 is 4.79 Å². The van der Waals surface area contributed by atoms with Crippen LogP contribution in [0.2, 0.25) is 0 Å². The van der Waals surface area contributed by atoms with Gasteiger partial charge in [-0.1, -0.05) is 60.7 Å². The largest absolute Gasteiger partial charge is 0.299 e. The Kier molecular flexibility index (Phi) is 3.16. The summed E-state index contributed by atoms with van der Waals surface area (Å²) in [5.74, 6) is 0.0415. The van der Waals surface area contributed by atoms with Gasteiger partial charge in [-0.25, -0.2) is 0 Å². The van der Waals surface area contributed by atoms with Crippen molar-refractivity contribution in [2.45, 2.75) is 12.8 Å². The predicted octanol–water partition coefficient (Wildman–Crippen LogP) is 3.41. The van der Waals surface area contributed by atoms with Crippen molar-refractivity contribution in [3.8, 4) is 0 Å². The molecule has 0 saturated carbocycles. The van der Waals surface area contributed by atoms with Crippen molar-refractivity contribution in [2.24, 2.45) is 0 Å². The van der Waals surface area contributed by atoms with Crippen molar-refractivity contribution >= 4 is 5.78 Å². The second kappa shape index (κ2) is 4.75. The molecule has 0 aliphatic carbocycles. The normalized spacial score (nSPS) is 10.4. The van der Waals surface area contributed by atoms with Gasteiger partial charge in [0.05, 0.1) is 5.92 Å². The highest BCUT2D eigenvalue weighted by Crippen LogP contribution is 2.24. The molecule has 0 spiro atoms. The molecule has 0 radical (unpaired) electrons. The quantitative estimate of drug-likeness (QED) is 0.758. The van der Waals surface area contributed by atoms with Gasteiger partial charge in [-0.05, 0) is 18.1 Å². The summed E-state index contributed by atoms with van der Waals surface area (Å²) in [5, 5.41) is 0. The van der Waals surface area contributed by atoms with E-state index >= 15 is 0 Å². The molecule has 0 aliphatic rings. The molecule has 2 aromatic rings. The fourth-order valence-corrected chi connectivity index (χ4v) is 1.95. The summed E-state index contributed by atoms with van der Waals surface area (Å²) in [7, 11) is 0. The summed E-state index contributed by atoms with van der Waals surface area (Å²) in [6.45, 7) is 1.64. The molecule has 0 heterocycles. The zero-order chi connectivity index (χ0) is 11.4. The van der Waals surface area contributed by atoms with Gasteiger partial charge in [-0.3, -0.25) is 4.79 Å². The molecule has 0 unspecified atom stereocenters. The highest BCUT2D eigenvalue weighted by molar-refractivity contribution is 5.86. The Morgan fingerprint density at radius 2 is 1.19 bits per heavy atom. The number of hydrogen-bond donors (Lipinski definition) is 0. The fourth-order valence-electron chi connectivity index (χ4n) is 1.95. The number of carbonyl (C=O) groups excluding carboxylic acids is 1. The first kappa shape index (κ1) is 10.6. The van der Waals surface area contributed by atoms with E-state index in [2.05, 4.69) is 0 Å². The first-order chi connectivity index (χ1) is 7.79. The van der Waals surface area contributed by atoms with Crippen molar-refractivity contribution in [3.05, 3.63) is 71.8 Å². The minimum atomic E-state index is -0.137. The minimum Gasteiger partial charge on any atom is -0.299 e. The molecule has 0 N–H and O–H groups in total. The molecule has 80 valence electrons. The Morgan fingerprint density at radius 1 is 0.812 bits per heavy atom. The number of benzene rings is 2. The Labute approximate surface area is 95.7 Å². The van der Waals surface area contributed by atoms with Gasteiger partial charge in [0.2, 0.25) is 0 Å². The molecule has 16 heavy (non-hydrogen) atoms. The summed E-state index contributed by atoms with van der Waals surface area (Å²) < 4.78 is 0. The Hall–Kier alpha value is -1.89. The molecule has 2 aromatic carbocycles. The molecular weight excluding hydrogens is 196 g/mol. The van der Waals surface area contributed by atoms with E-state index in [4.69, 9.17) is 0 Å². The smallest absolute Gasteiger partial charge is 0.141 e. The number of carbonyl (C=O) groups is 1. The van der Waals surface area contributed by atoms with Crippen LogP contribution >= 0.6 is 0 Å². The van der Waals surface area contributed by atoms with Crippen molar-refractivity contribution in [1.82, 2.24) is 0 Å². The van der Waals surface area contributed by atoms with Crippen LogP contribution in [0.25, 0.3) is 0 Å². The summed E-state index contributed by atoms with van der Waals surface area (Å²) in [5.41, 5.74) is 2.11. The molecular formula is C15H14O. The molecule has 2 rings (SSSR count). The maximum absolute atomic E-state index is 11.7. The van der Waals surface area contributed by atoms with Crippen LogP contribution in [-0.4, -0.2) is 5.78 Å². The highest BCUT2D eigenvalue weighted by atomic mass is 16.1. The maximum Gasteiger partial charge on any atom is 0.141 e. The van der Waals surface area contributed by atoms with E-state index in [1.54, 1.807) is 6.92 Å². The molecule has 0 saturated heterocycles. The fraction of sp³-hybridized carbons (Fsp3) is 0.133. The van der Waals surface area contributed by atoms with Crippen LogP contribution in [0.3, 0.4) is 0 Å². The van der Waals surface area contributed by atoms with E-state index in [0.29, 0.717) is 0 Å². The van der Waals surface area contributed by atoms with E-state index in [1.807, 2.05) is 60.7 Å². The van der Waals surface area contributed by atoms with Crippen LogP contribution in [0.4, 0.5) is 0 Å². The molecule has 0 fully saturated rings. The standard InChI is InChI=1S/C15H14O/c1-12(16)15(13-8-4-2-5-9-13)14-10-6-3-7-11-14/h2-11,15H,1H3. The van der Waals surface area contributed by atoms with Gasteiger partial charge >= 0.3 is 0 Å². The summed E-state index contributed by atoms with van der Waals surface area (Å²) in [4.78, 5) is 11.7. The Bertz CT molecular complexity index is 420. The van der Waals surface area contributed by atoms with Crippen LogP contribution in [0.1, 0.15) is 24.0 Å². The molecule has 0 atom stereocenters. The van der Waals surface area contributed by atoms with Crippen LogP contribution < -0.4 is 0 Å². The van der Waals surface area contributed by atoms with Crippen LogP contribution in [-0.2, 0) is 4.79 Å². The van der Waals surface area contributed by atoms with Gasteiger partial charge in [0.1, 0.15) is 5.78 Å². The average molecular weight is 210 g/mol. The lowest BCUT2D eigenvalue weighted by atomic mass is 9.88. The van der Waals surface area contributed by atoms with Crippen molar-refractivity contribution in [1.29, 1.82) is 0 Å². The first-order valence-corrected chi connectivity index (χ1v) is 5.39. The van der Waals surface area contributed by atoms with E-state index in [1.165, 1.54) is 0 Å². The lowest BCUT2D eigenvalue weighted by Gasteiger charge is -2.14. The zero-order valence-corrected chi connectivity index (χ0v) is 9.26. The van der Waals surface area contributed by atoms with Crippen LogP contribution in [0, 0.1) is 0 Å². The van der Waals surface area contributed by atoms with E-state index < -0.39 is 0 Å². The van der Waals surface area contributed by atoms with Crippen LogP contribution in [0.5, 0.6) is 0 Å². The van der Waals surface area contributed by atoms with Gasteiger partial charge in [0, 0.05) is 0 Å². The topological polar surface area (TPSA) is 17.1 Å². The molecule has 0 aromatic heterocycles. The molecule has 1 heteroatoms. The van der Waals surface area contributed by atoms with E-state index in [-0.39, 0.29) is 11.7 Å². The Balaban J connectivity index is 2.44. The lowest BCUT2D eigenvalue weighted by molar-refractivity contribution is -0.117. The predicted molar refractivity (Wildman–Crippen MR) is 65.4 cm³/mol. The second-order valence-electron chi connectivity index (χ2n) is 3.87. The van der Waals surface area contributed by atoms with Gasteiger partial charge in [-0.2, -0.15) is 0 Å². The third kappa shape index (κ3) is 2.19. The van der Waals surface area contributed by atoms with Crippen LogP contribution in [0.15, 0.2) is 60.7 Å². The average Bonchev–Trinajstić information content (AvgIpc) is 2.31. The van der Waals surface area contributed by atoms with E-state index in [9.17, 15) is 4.79 Å². The number of Topliss-reactive ketones (excluding diaryl/α,β-unsaturated/α-hetero) is 1. The monoisotopic (exact) mass is 210 g/mol. The number of ketones is 1. The van der Waals surface area contributed by atoms with Gasteiger partial charge in [0.15, 0.2) is 0 Å². The molecule has 0 aliphatic heterocycles. The second-order valence-corrected chi connectivity index (χ2v) is 3.87. The molecule has 0 amide bonds. The van der Waals surface area contributed by atoms with E-state index in [0.717, 1.165) is 11.1 Å². The minimum absolute atomic E-state index is 0.137. The zero-order valence-electron chi connectivity index (χ0n) is 9.26. The third-order valence-electron chi connectivity index (χ3n) is 2.67. The number of rotatable bonds is 3. The first-order valence-electron chi connectivity index (χ1n) is 5.39. The van der Waals surface area contributed by atoms with Crippen molar-refractivity contribution in [2.75, 3.05) is 0 Å². The third-order valence-corrected chi connectivity index (χ3v) is 2.67. The summed E-state index contributed by atoms with van der Waals surface area (Å²) in [6, 6.07) is 19.8. The SMILES string of the molecule is CC(=O)C(c1ccccc1)c1ccccc1. The van der Waals surface area contributed by atoms with Gasteiger partial charge in [0.25, 0.3) is 0 Å². The lowest BCUT2D eigenvalue weighted by Crippen LogP contribution is -2.10. The maximum atomic E-state index is 11.7. The summed E-state index contributed by atoms with van der Waals surface area (Å²) >= 11 is 0. The molecule has 1 nitrogen and oxygen atoms in total. The molecule has 0 bridgehead atoms. The van der Waals surface area contributed by atoms with Crippen molar-refractivity contribution in [3.63, 3.8) is 0 Å². The Morgan fingerprint density at radius 3 is 1.50 bits per heavy atom. The number of hydrogen-bond acceptors (Lipinski definition) is 1. The van der Waals surface area contributed by atoms with Gasteiger partial charge in [-0.15, -0.1) is 0 Å². The highest BCUT2D eigenvalue weighted by Gasteiger charge is 2.17. The summed E-state index contributed by atoms with van der Waals surface area (Å²) in [6.07, 6.45) is 0.